The zero-order chi connectivity index (χ0) is 15.8. The lowest BCUT2D eigenvalue weighted by Gasteiger charge is -2.13. The molecule has 0 aliphatic heterocycles. The topological polar surface area (TPSA) is 26.3 Å². The van der Waals surface area contributed by atoms with Crippen LogP contribution in [0.4, 0.5) is 0 Å². The van der Waals surface area contributed by atoms with E-state index in [1.54, 1.807) is 0 Å². The molecule has 0 amide bonds. The van der Waals surface area contributed by atoms with E-state index < -0.39 is 0 Å². The maximum Gasteiger partial charge on any atom is 0.125 e. The fourth-order valence-corrected chi connectivity index (χ4v) is 2.42. The van der Waals surface area contributed by atoms with Crippen LogP contribution in [-0.2, 0) is 17.8 Å². The van der Waals surface area contributed by atoms with Crippen LogP contribution in [0.15, 0.2) is 36.4 Å². The predicted molar refractivity (Wildman–Crippen MR) is 87.9 cm³/mol. The van der Waals surface area contributed by atoms with Crippen LogP contribution < -0.4 is 4.74 Å². The molecular weight excluding hydrogens is 260 g/mol. The Bertz CT molecular complexity index is 568. The second-order valence-corrected chi connectivity index (χ2v) is 5.19. The van der Waals surface area contributed by atoms with E-state index in [1.165, 1.54) is 27.8 Å². The van der Waals surface area contributed by atoms with Gasteiger partial charge >= 0.3 is 0 Å². The monoisotopic (exact) mass is 284 g/mol. The molecule has 0 spiro atoms. The van der Waals surface area contributed by atoms with E-state index in [-0.39, 0.29) is 0 Å². The van der Waals surface area contributed by atoms with Crippen molar-refractivity contribution >= 4 is 6.79 Å². The van der Waals surface area contributed by atoms with Crippen LogP contribution >= 0.6 is 0 Å². The van der Waals surface area contributed by atoms with E-state index in [4.69, 9.17) is 9.53 Å². The fourth-order valence-electron chi connectivity index (χ4n) is 2.42. The Morgan fingerprint density at radius 3 is 2.10 bits per heavy atom. The lowest BCUT2D eigenvalue weighted by Crippen LogP contribution is -2.00. The molecule has 2 heteroatoms. The Labute approximate surface area is 127 Å². The highest BCUT2D eigenvalue weighted by Gasteiger charge is 2.04. The lowest BCUT2D eigenvalue weighted by atomic mass is 10.1. The summed E-state index contributed by atoms with van der Waals surface area (Å²) in [6.07, 6.45) is 1.07. The Morgan fingerprint density at radius 2 is 1.52 bits per heavy atom. The van der Waals surface area contributed by atoms with Crippen LogP contribution in [0.5, 0.6) is 5.75 Å². The number of aryl methyl sites for hydroxylation is 4. The molecule has 0 aliphatic carbocycles. The SMILES string of the molecule is C=O.CCc1cc(C)cc(COc2c(C)cccc2C)c1. The van der Waals surface area contributed by atoms with Crippen LogP contribution in [0.3, 0.4) is 0 Å². The molecule has 0 unspecified atom stereocenters. The minimum Gasteiger partial charge on any atom is -0.488 e. The highest BCUT2D eigenvalue weighted by Crippen LogP contribution is 2.23. The van der Waals surface area contributed by atoms with Crippen LogP contribution in [-0.4, -0.2) is 6.79 Å². The van der Waals surface area contributed by atoms with Gasteiger partial charge in [0, 0.05) is 0 Å². The van der Waals surface area contributed by atoms with E-state index in [0.29, 0.717) is 6.61 Å². The summed E-state index contributed by atoms with van der Waals surface area (Å²) >= 11 is 0. The number of para-hydroxylation sites is 1. The summed E-state index contributed by atoms with van der Waals surface area (Å²) in [6, 6.07) is 12.9. The minimum atomic E-state index is 0.639. The Kier molecular flexibility index (Phi) is 6.67. The molecule has 0 N–H and O–H groups in total. The summed E-state index contributed by atoms with van der Waals surface area (Å²) in [5.74, 6) is 1.02. The van der Waals surface area contributed by atoms with Crippen molar-refractivity contribution in [3.05, 3.63) is 64.2 Å². The highest BCUT2D eigenvalue weighted by atomic mass is 16.5. The summed E-state index contributed by atoms with van der Waals surface area (Å²) in [4.78, 5) is 8.00. The molecule has 0 radical (unpaired) electrons. The van der Waals surface area contributed by atoms with Crippen molar-refractivity contribution < 1.29 is 9.53 Å². The first-order valence-electron chi connectivity index (χ1n) is 7.17. The fraction of sp³-hybridized carbons (Fsp3) is 0.316. The van der Waals surface area contributed by atoms with Gasteiger partial charge in [0.05, 0.1) is 0 Å². The molecule has 0 aromatic heterocycles. The van der Waals surface area contributed by atoms with E-state index >= 15 is 0 Å². The molecular formula is C19H24O2. The molecule has 0 saturated carbocycles. The van der Waals surface area contributed by atoms with Crippen molar-refractivity contribution in [3.8, 4) is 5.75 Å². The second-order valence-electron chi connectivity index (χ2n) is 5.19. The molecule has 112 valence electrons. The molecule has 0 fully saturated rings. The number of ether oxygens (including phenoxy) is 1. The van der Waals surface area contributed by atoms with Gasteiger partial charge in [-0.15, -0.1) is 0 Å². The van der Waals surface area contributed by atoms with Crippen molar-refractivity contribution in [1.29, 1.82) is 0 Å². The molecule has 21 heavy (non-hydrogen) atoms. The maximum atomic E-state index is 8.00. The first-order valence-corrected chi connectivity index (χ1v) is 7.17. The summed E-state index contributed by atoms with van der Waals surface area (Å²) < 4.78 is 6.01. The van der Waals surface area contributed by atoms with E-state index in [2.05, 4.69) is 64.1 Å². The molecule has 2 rings (SSSR count). The standard InChI is InChI=1S/C18H22O.CH2O/c1-5-16-9-13(2)10-17(11-16)12-19-18-14(3)7-6-8-15(18)4;1-2/h6-11H,5,12H2,1-4H3;1H2. The molecule has 0 saturated heterocycles. The third-order valence-corrected chi connectivity index (χ3v) is 3.40. The van der Waals surface area contributed by atoms with Crippen LogP contribution in [0.1, 0.15) is 34.7 Å². The molecule has 2 aromatic carbocycles. The molecule has 0 heterocycles. The summed E-state index contributed by atoms with van der Waals surface area (Å²) in [5.41, 5.74) is 6.32. The summed E-state index contributed by atoms with van der Waals surface area (Å²) in [7, 11) is 0. The summed E-state index contributed by atoms with van der Waals surface area (Å²) in [6.45, 7) is 11.2. The van der Waals surface area contributed by atoms with Gasteiger partial charge in [0.15, 0.2) is 0 Å². The third kappa shape index (κ3) is 4.75. The van der Waals surface area contributed by atoms with E-state index in [1.807, 2.05) is 6.79 Å². The van der Waals surface area contributed by atoms with Gasteiger partial charge < -0.3 is 9.53 Å². The van der Waals surface area contributed by atoms with Crippen molar-refractivity contribution in [2.75, 3.05) is 0 Å². The summed E-state index contributed by atoms with van der Waals surface area (Å²) in [5, 5.41) is 0. The number of benzene rings is 2. The minimum absolute atomic E-state index is 0.639. The van der Waals surface area contributed by atoms with Gasteiger partial charge in [0.2, 0.25) is 0 Å². The molecule has 0 bridgehead atoms. The number of rotatable bonds is 4. The normalized spacial score (nSPS) is 9.71. The molecule has 2 aromatic rings. The maximum absolute atomic E-state index is 8.00. The lowest BCUT2D eigenvalue weighted by molar-refractivity contribution is -0.0979. The van der Waals surface area contributed by atoms with Gasteiger partial charge in [-0.25, -0.2) is 0 Å². The van der Waals surface area contributed by atoms with Gasteiger partial charge in [0.1, 0.15) is 19.1 Å². The number of hydrogen-bond acceptors (Lipinski definition) is 2. The Hall–Kier alpha value is -2.09. The highest BCUT2D eigenvalue weighted by molar-refractivity contribution is 5.40. The van der Waals surface area contributed by atoms with Gasteiger partial charge in [-0.3, -0.25) is 0 Å². The smallest absolute Gasteiger partial charge is 0.125 e. The largest absolute Gasteiger partial charge is 0.488 e. The first-order chi connectivity index (χ1) is 10.1. The van der Waals surface area contributed by atoms with Crippen LogP contribution in [0.2, 0.25) is 0 Å². The third-order valence-electron chi connectivity index (χ3n) is 3.40. The van der Waals surface area contributed by atoms with Gasteiger partial charge in [-0.05, 0) is 49.4 Å². The zero-order valence-electron chi connectivity index (χ0n) is 13.4. The first kappa shape index (κ1) is 17.0. The Morgan fingerprint density at radius 1 is 0.952 bits per heavy atom. The molecule has 0 aliphatic rings. The van der Waals surface area contributed by atoms with Crippen LogP contribution in [0.25, 0.3) is 0 Å². The van der Waals surface area contributed by atoms with Gasteiger partial charge in [-0.2, -0.15) is 0 Å². The predicted octanol–water partition coefficient (Wildman–Crippen LogP) is 4.57. The quantitative estimate of drug-likeness (QED) is 0.822. The van der Waals surface area contributed by atoms with Crippen molar-refractivity contribution in [2.45, 2.75) is 40.7 Å². The Balaban J connectivity index is 0.00000106. The van der Waals surface area contributed by atoms with E-state index in [9.17, 15) is 0 Å². The average molecular weight is 284 g/mol. The number of carbonyl (C=O) groups excluding carboxylic acids is 1. The van der Waals surface area contributed by atoms with E-state index in [0.717, 1.165) is 12.2 Å². The second kappa shape index (κ2) is 8.25. The van der Waals surface area contributed by atoms with Crippen LogP contribution in [0, 0.1) is 20.8 Å². The van der Waals surface area contributed by atoms with Gasteiger partial charge in [-0.1, -0.05) is 48.9 Å². The van der Waals surface area contributed by atoms with Crippen molar-refractivity contribution in [2.24, 2.45) is 0 Å². The number of carbonyl (C=O) groups is 1. The van der Waals surface area contributed by atoms with Gasteiger partial charge in [0.25, 0.3) is 0 Å². The van der Waals surface area contributed by atoms with Crippen molar-refractivity contribution in [3.63, 3.8) is 0 Å². The van der Waals surface area contributed by atoms with Crippen molar-refractivity contribution in [1.82, 2.24) is 0 Å². The average Bonchev–Trinajstić information content (AvgIpc) is 2.48. The number of hydrogen-bond donors (Lipinski definition) is 0. The molecule has 2 nitrogen and oxygen atoms in total. The molecule has 0 atom stereocenters. The zero-order valence-corrected chi connectivity index (χ0v) is 13.4.